The first-order chi connectivity index (χ1) is 9.12. The molecule has 1 aromatic carbocycles. The van der Waals surface area contributed by atoms with E-state index < -0.39 is 0 Å². The van der Waals surface area contributed by atoms with Gasteiger partial charge >= 0.3 is 5.97 Å². The van der Waals surface area contributed by atoms with E-state index >= 15 is 0 Å². The number of hydrogen-bond acceptors (Lipinski definition) is 2. The Bertz CT molecular complexity index is 458. The Kier molecular flexibility index (Phi) is 6.34. The molecule has 1 rings (SSSR count). The molecule has 0 bridgehead atoms. The summed E-state index contributed by atoms with van der Waals surface area (Å²) in [6.07, 6.45) is 4.90. The standard InChI is InChI=1S/C17H24O2/c1-5-8-15-10-9-14(7-3)11-16(15)12-19-17(18)13(4)6-2/h6,9-11H,5,7-8,12H2,1-4H3/b13-6+. The molecule has 2 nitrogen and oxygen atoms in total. The van der Waals surface area contributed by atoms with E-state index in [1.165, 1.54) is 11.1 Å². The summed E-state index contributed by atoms with van der Waals surface area (Å²) in [6, 6.07) is 6.48. The van der Waals surface area contributed by atoms with Gasteiger partial charge in [-0.05, 0) is 43.4 Å². The van der Waals surface area contributed by atoms with Gasteiger partial charge in [-0.2, -0.15) is 0 Å². The first-order valence-corrected chi connectivity index (χ1v) is 7.03. The van der Waals surface area contributed by atoms with Crippen LogP contribution in [0.4, 0.5) is 0 Å². The highest BCUT2D eigenvalue weighted by Gasteiger charge is 2.08. The van der Waals surface area contributed by atoms with Crippen molar-refractivity contribution in [2.45, 2.75) is 53.6 Å². The molecule has 0 N–H and O–H groups in total. The van der Waals surface area contributed by atoms with Crippen LogP contribution in [-0.2, 0) is 29.0 Å². The molecule has 0 aliphatic rings. The molecule has 1 aromatic rings. The SMILES string of the molecule is C/C=C(\C)C(=O)OCc1cc(CC)ccc1CCC. The minimum atomic E-state index is -0.230. The predicted octanol–water partition coefficient (Wildman–Crippen LogP) is 4.21. The fourth-order valence-electron chi connectivity index (χ4n) is 1.92. The number of carbonyl (C=O) groups is 1. The lowest BCUT2D eigenvalue weighted by Crippen LogP contribution is -2.07. The molecule has 0 saturated carbocycles. The normalized spacial score (nSPS) is 11.5. The number of hydrogen-bond donors (Lipinski definition) is 0. The molecule has 0 fully saturated rings. The lowest BCUT2D eigenvalue weighted by atomic mass is 10.00. The molecule has 0 atom stereocenters. The zero-order valence-electron chi connectivity index (χ0n) is 12.5. The second kappa shape index (κ2) is 7.78. The minimum absolute atomic E-state index is 0.230. The predicted molar refractivity (Wildman–Crippen MR) is 79.0 cm³/mol. The van der Waals surface area contributed by atoms with E-state index in [0.29, 0.717) is 12.2 Å². The van der Waals surface area contributed by atoms with E-state index in [0.717, 1.165) is 24.8 Å². The highest BCUT2D eigenvalue weighted by atomic mass is 16.5. The fourth-order valence-corrected chi connectivity index (χ4v) is 1.92. The van der Waals surface area contributed by atoms with Crippen LogP contribution in [0.15, 0.2) is 29.8 Å². The summed E-state index contributed by atoms with van der Waals surface area (Å²) in [5.74, 6) is -0.230. The Balaban J connectivity index is 2.82. The van der Waals surface area contributed by atoms with Crippen molar-refractivity contribution in [3.8, 4) is 0 Å². The van der Waals surface area contributed by atoms with Gasteiger partial charge in [-0.1, -0.05) is 44.5 Å². The summed E-state index contributed by atoms with van der Waals surface area (Å²) in [5, 5.41) is 0. The number of benzene rings is 1. The zero-order chi connectivity index (χ0) is 14.3. The fraction of sp³-hybridized carbons (Fsp3) is 0.471. The van der Waals surface area contributed by atoms with Crippen molar-refractivity contribution >= 4 is 5.97 Å². The average Bonchev–Trinajstić information content (AvgIpc) is 2.45. The highest BCUT2D eigenvalue weighted by Crippen LogP contribution is 2.16. The van der Waals surface area contributed by atoms with Crippen molar-refractivity contribution in [1.29, 1.82) is 0 Å². The maximum Gasteiger partial charge on any atom is 0.333 e. The largest absolute Gasteiger partial charge is 0.457 e. The van der Waals surface area contributed by atoms with Gasteiger partial charge < -0.3 is 4.74 Å². The minimum Gasteiger partial charge on any atom is -0.457 e. The zero-order valence-corrected chi connectivity index (χ0v) is 12.5. The number of carbonyl (C=O) groups excluding carboxylic acids is 1. The molecule has 2 heteroatoms. The molecule has 0 aliphatic carbocycles. The molecule has 0 heterocycles. The number of aryl methyl sites for hydroxylation is 2. The molecule has 0 radical (unpaired) electrons. The molecule has 0 spiro atoms. The second-order valence-corrected chi connectivity index (χ2v) is 4.75. The van der Waals surface area contributed by atoms with Gasteiger partial charge in [-0.15, -0.1) is 0 Å². The molecule has 0 saturated heterocycles. The summed E-state index contributed by atoms with van der Waals surface area (Å²) in [6.45, 7) is 8.28. The van der Waals surface area contributed by atoms with Crippen LogP contribution < -0.4 is 0 Å². The summed E-state index contributed by atoms with van der Waals surface area (Å²) < 4.78 is 5.36. The Morgan fingerprint density at radius 3 is 2.58 bits per heavy atom. The Morgan fingerprint density at radius 2 is 2.00 bits per heavy atom. The summed E-state index contributed by atoms with van der Waals surface area (Å²) >= 11 is 0. The number of ether oxygens (including phenoxy) is 1. The summed E-state index contributed by atoms with van der Waals surface area (Å²) in [7, 11) is 0. The van der Waals surface area contributed by atoms with Crippen molar-refractivity contribution in [3.63, 3.8) is 0 Å². The molecule has 0 aromatic heterocycles. The lowest BCUT2D eigenvalue weighted by molar-refractivity contribution is -0.140. The van der Waals surface area contributed by atoms with Crippen molar-refractivity contribution in [3.05, 3.63) is 46.5 Å². The van der Waals surface area contributed by atoms with Crippen molar-refractivity contribution in [2.75, 3.05) is 0 Å². The second-order valence-electron chi connectivity index (χ2n) is 4.75. The molecule has 0 aliphatic heterocycles. The smallest absolute Gasteiger partial charge is 0.333 e. The van der Waals surface area contributed by atoms with Crippen molar-refractivity contribution in [1.82, 2.24) is 0 Å². The van der Waals surface area contributed by atoms with Gasteiger partial charge in [0.25, 0.3) is 0 Å². The van der Waals surface area contributed by atoms with Crippen molar-refractivity contribution < 1.29 is 9.53 Å². The molecular formula is C17H24O2. The van der Waals surface area contributed by atoms with Crippen molar-refractivity contribution in [2.24, 2.45) is 0 Å². The average molecular weight is 260 g/mol. The van der Waals surface area contributed by atoms with Crippen LogP contribution in [0.1, 0.15) is 50.8 Å². The van der Waals surface area contributed by atoms with Crippen LogP contribution in [0.5, 0.6) is 0 Å². The Morgan fingerprint density at radius 1 is 1.26 bits per heavy atom. The maximum absolute atomic E-state index is 11.7. The van der Waals surface area contributed by atoms with Gasteiger partial charge in [0.2, 0.25) is 0 Å². The van der Waals surface area contributed by atoms with E-state index in [1.54, 1.807) is 13.0 Å². The van der Waals surface area contributed by atoms with Crippen LogP contribution in [0.3, 0.4) is 0 Å². The quantitative estimate of drug-likeness (QED) is 0.565. The lowest BCUT2D eigenvalue weighted by Gasteiger charge is -2.11. The number of esters is 1. The van der Waals surface area contributed by atoms with Gasteiger partial charge in [-0.3, -0.25) is 0 Å². The van der Waals surface area contributed by atoms with Crippen LogP contribution in [0.2, 0.25) is 0 Å². The van der Waals surface area contributed by atoms with E-state index in [-0.39, 0.29) is 5.97 Å². The number of rotatable bonds is 6. The first-order valence-electron chi connectivity index (χ1n) is 7.03. The van der Waals surface area contributed by atoms with Gasteiger partial charge in [0.1, 0.15) is 6.61 Å². The van der Waals surface area contributed by atoms with Gasteiger partial charge in [-0.25, -0.2) is 4.79 Å². The Labute approximate surface area is 116 Å². The molecule has 19 heavy (non-hydrogen) atoms. The van der Waals surface area contributed by atoms with Crippen LogP contribution >= 0.6 is 0 Å². The first kappa shape index (κ1) is 15.5. The molecule has 0 unspecified atom stereocenters. The van der Waals surface area contributed by atoms with Gasteiger partial charge in [0, 0.05) is 5.57 Å². The topological polar surface area (TPSA) is 26.3 Å². The van der Waals surface area contributed by atoms with Gasteiger partial charge in [0.05, 0.1) is 0 Å². The van der Waals surface area contributed by atoms with Gasteiger partial charge in [0.15, 0.2) is 0 Å². The van der Waals surface area contributed by atoms with Crippen LogP contribution in [-0.4, -0.2) is 5.97 Å². The molecular weight excluding hydrogens is 236 g/mol. The van der Waals surface area contributed by atoms with E-state index in [2.05, 4.69) is 32.0 Å². The van der Waals surface area contributed by atoms with E-state index in [9.17, 15) is 4.79 Å². The summed E-state index contributed by atoms with van der Waals surface area (Å²) in [5.41, 5.74) is 4.36. The molecule has 0 amide bonds. The maximum atomic E-state index is 11.7. The molecule has 104 valence electrons. The van der Waals surface area contributed by atoms with E-state index in [4.69, 9.17) is 4.74 Å². The number of allylic oxidation sites excluding steroid dienone is 1. The monoisotopic (exact) mass is 260 g/mol. The third kappa shape index (κ3) is 4.55. The third-order valence-corrected chi connectivity index (χ3v) is 3.31. The van der Waals surface area contributed by atoms with Crippen LogP contribution in [0, 0.1) is 0 Å². The van der Waals surface area contributed by atoms with E-state index in [1.807, 2.05) is 6.92 Å². The third-order valence-electron chi connectivity index (χ3n) is 3.31. The van der Waals surface area contributed by atoms with Crippen LogP contribution in [0.25, 0.3) is 0 Å². The Hall–Kier alpha value is -1.57. The highest BCUT2D eigenvalue weighted by molar-refractivity contribution is 5.87. The summed E-state index contributed by atoms with van der Waals surface area (Å²) in [4.78, 5) is 11.7.